The number of nitrogens with one attached hydrogen (secondary N) is 2. The van der Waals surface area contributed by atoms with Gasteiger partial charge in [-0.15, -0.1) is 0 Å². The Morgan fingerprint density at radius 1 is 0.893 bits per heavy atom. The lowest BCUT2D eigenvalue weighted by atomic mass is 10.1. The highest BCUT2D eigenvalue weighted by atomic mass is 35.5. The van der Waals surface area contributed by atoms with Crippen LogP contribution < -0.4 is 10.0 Å². The van der Waals surface area contributed by atoms with Crippen molar-refractivity contribution in [1.29, 1.82) is 0 Å². The monoisotopic (exact) mass is 434 g/mol. The molecule has 0 aliphatic heterocycles. The molecule has 3 aromatic rings. The molecule has 0 spiro atoms. The number of benzene rings is 3. The minimum atomic E-state index is -3.85. The molecular formula is C20H16Cl2N2O3S. The topological polar surface area (TPSA) is 75.3 Å². The molecule has 0 unspecified atom stereocenters. The summed E-state index contributed by atoms with van der Waals surface area (Å²) in [6, 6.07) is 19.7. The Hall–Kier alpha value is -2.54. The van der Waals surface area contributed by atoms with Crippen LogP contribution in [0.5, 0.6) is 0 Å². The molecule has 144 valence electrons. The van der Waals surface area contributed by atoms with E-state index in [4.69, 9.17) is 23.2 Å². The lowest BCUT2D eigenvalue weighted by Crippen LogP contribution is -2.15. The van der Waals surface area contributed by atoms with E-state index in [1.165, 1.54) is 36.4 Å². The second-order valence-electron chi connectivity index (χ2n) is 5.96. The predicted octanol–water partition coefficient (Wildman–Crippen LogP) is 4.98. The first-order valence-electron chi connectivity index (χ1n) is 8.25. The lowest BCUT2D eigenvalue weighted by molar-refractivity contribution is -0.115. The third-order valence-corrected chi connectivity index (χ3v) is 5.77. The van der Waals surface area contributed by atoms with Crippen LogP contribution in [0.3, 0.4) is 0 Å². The molecule has 5 nitrogen and oxygen atoms in total. The molecule has 0 heterocycles. The van der Waals surface area contributed by atoms with E-state index in [-0.39, 0.29) is 27.9 Å². The molecule has 3 rings (SSSR count). The highest BCUT2D eigenvalue weighted by Crippen LogP contribution is 2.28. The summed E-state index contributed by atoms with van der Waals surface area (Å²) in [5.74, 6) is -0.189. The van der Waals surface area contributed by atoms with E-state index in [1.807, 2.05) is 30.3 Å². The maximum absolute atomic E-state index is 12.5. The molecule has 0 atom stereocenters. The molecule has 0 saturated heterocycles. The number of carbonyl (C=O) groups is 1. The molecule has 0 radical (unpaired) electrons. The van der Waals surface area contributed by atoms with Gasteiger partial charge in [0.15, 0.2) is 0 Å². The molecule has 0 aliphatic carbocycles. The predicted molar refractivity (Wildman–Crippen MR) is 112 cm³/mol. The van der Waals surface area contributed by atoms with Crippen molar-refractivity contribution in [3.8, 4) is 0 Å². The van der Waals surface area contributed by atoms with Crippen molar-refractivity contribution in [2.75, 3.05) is 10.0 Å². The average Bonchev–Trinajstić information content (AvgIpc) is 2.66. The smallest absolute Gasteiger partial charge is 0.261 e. The van der Waals surface area contributed by atoms with Crippen molar-refractivity contribution < 1.29 is 13.2 Å². The largest absolute Gasteiger partial charge is 0.326 e. The summed E-state index contributed by atoms with van der Waals surface area (Å²) in [6.07, 6.45) is 0.232. The van der Waals surface area contributed by atoms with E-state index in [0.29, 0.717) is 10.7 Å². The Morgan fingerprint density at radius 2 is 1.57 bits per heavy atom. The molecule has 3 aromatic carbocycles. The molecule has 8 heteroatoms. The Bertz CT molecular complexity index is 1090. The fourth-order valence-electron chi connectivity index (χ4n) is 2.48. The van der Waals surface area contributed by atoms with Gasteiger partial charge in [-0.1, -0.05) is 53.5 Å². The zero-order chi connectivity index (χ0) is 20.1. The minimum Gasteiger partial charge on any atom is -0.326 e. The third-order valence-electron chi connectivity index (χ3n) is 3.83. The maximum atomic E-state index is 12.5. The summed E-state index contributed by atoms with van der Waals surface area (Å²) >= 11 is 11.9. The van der Waals surface area contributed by atoms with E-state index in [0.717, 1.165) is 5.56 Å². The summed E-state index contributed by atoms with van der Waals surface area (Å²) in [4.78, 5) is 12.1. The van der Waals surface area contributed by atoms with Crippen LogP contribution in [0.15, 0.2) is 77.7 Å². The van der Waals surface area contributed by atoms with Crippen LogP contribution in [0.1, 0.15) is 5.56 Å². The van der Waals surface area contributed by atoms with Gasteiger partial charge >= 0.3 is 0 Å². The summed E-state index contributed by atoms with van der Waals surface area (Å²) in [6.45, 7) is 0. The fraction of sp³-hybridized carbons (Fsp3) is 0.0500. The van der Waals surface area contributed by atoms with Gasteiger partial charge in [0.05, 0.1) is 22.0 Å². The Morgan fingerprint density at radius 3 is 2.25 bits per heavy atom. The highest BCUT2D eigenvalue weighted by molar-refractivity contribution is 7.92. The van der Waals surface area contributed by atoms with Gasteiger partial charge in [-0.3, -0.25) is 9.52 Å². The zero-order valence-electron chi connectivity index (χ0n) is 14.5. The first kappa shape index (κ1) is 20.2. The van der Waals surface area contributed by atoms with E-state index >= 15 is 0 Å². The Labute approximate surface area is 173 Å². The van der Waals surface area contributed by atoms with Crippen LogP contribution in [0, 0.1) is 0 Å². The molecule has 2 N–H and O–H groups in total. The fourth-order valence-corrected chi connectivity index (χ4v) is 3.95. The van der Waals surface area contributed by atoms with Gasteiger partial charge in [0, 0.05) is 10.7 Å². The molecule has 0 fully saturated rings. The van der Waals surface area contributed by atoms with Crippen LogP contribution in [0.25, 0.3) is 0 Å². The molecule has 0 saturated carbocycles. The first-order chi connectivity index (χ1) is 13.3. The lowest BCUT2D eigenvalue weighted by Gasteiger charge is -2.11. The Balaban J connectivity index is 1.69. The SMILES string of the molecule is O=C(Cc1ccccc1)Nc1ccc(S(=O)(=O)Nc2cc(Cl)ccc2Cl)cc1. The van der Waals surface area contributed by atoms with Crippen LogP contribution in [0.4, 0.5) is 11.4 Å². The number of rotatable bonds is 6. The number of halogens is 2. The van der Waals surface area contributed by atoms with Crippen molar-refractivity contribution in [3.63, 3.8) is 0 Å². The second-order valence-corrected chi connectivity index (χ2v) is 8.49. The van der Waals surface area contributed by atoms with Gasteiger partial charge in [0.2, 0.25) is 5.91 Å². The van der Waals surface area contributed by atoms with Gasteiger partial charge in [-0.05, 0) is 48.0 Å². The van der Waals surface area contributed by atoms with E-state index in [9.17, 15) is 13.2 Å². The molecule has 28 heavy (non-hydrogen) atoms. The summed E-state index contributed by atoms with van der Waals surface area (Å²) < 4.78 is 27.5. The number of sulfonamides is 1. The quantitative estimate of drug-likeness (QED) is 0.574. The van der Waals surface area contributed by atoms with E-state index in [1.54, 1.807) is 6.07 Å². The first-order valence-corrected chi connectivity index (χ1v) is 10.5. The number of carbonyl (C=O) groups excluding carboxylic acids is 1. The number of anilines is 2. The third kappa shape index (κ3) is 5.25. The standard InChI is InChI=1S/C20H16Cl2N2O3S/c21-15-6-11-18(22)19(13-15)24-28(26,27)17-9-7-16(8-10-17)23-20(25)12-14-4-2-1-3-5-14/h1-11,13,24H,12H2,(H,23,25). The van der Waals surface area contributed by atoms with Crippen LogP contribution in [0.2, 0.25) is 10.0 Å². The van der Waals surface area contributed by atoms with Crippen LogP contribution in [-0.2, 0) is 21.2 Å². The molecular weight excluding hydrogens is 419 g/mol. The number of amides is 1. The van der Waals surface area contributed by atoms with Crippen molar-refractivity contribution in [2.24, 2.45) is 0 Å². The average molecular weight is 435 g/mol. The number of hydrogen-bond donors (Lipinski definition) is 2. The maximum Gasteiger partial charge on any atom is 0.261 e. The minimum absolute atomic E-state index is 0.0320. The highest BCUT2D eigenvalue weighted by Gasteiger charge is 2.16. The second kappa shape index (κ2) is 8.65. The van der Waals surface area contributed by atoms with Crippen LogP contribution in [-0.4, -0.2) is 14.3 Å². The van der Waals surface area contributed by atoms with Crippen molar-refractivity contribution in [3.05, 3.63) is 88.4 Å². The van der Waals surface area contributed by atoms with Crippen molar-refractivity contribution >= 4 is 50.5 Å². The van der Waals surface area contributed by atoms with Gasteiger partial charge < -0.3 is 5.32 Å². The normalized spacial score (nSPS) is 11.1. The molecule has 0 bridgehead atoms. The molecule has 0 aliphatic rings. The van der Waals surface area contributed by atoms with Crippen LogP contribution >= 0.6 is 23.2 Å². The summed E-state index contributed by atoms with van der Waals surface area (Å²) in [7, 11) is -3.85. The summed E-state index contributed by atoms with van der Waals surface area (Å²) in [5, 5.41) is 3.34. The van der Waals surface area contributed by atoms with E-state index < -0.39 is 10.0 Å². The van der Waals surface area contributed by atoms with E-state index in [2.05, 4.69) is 10.0 Å². The van der Waals surface area contributed by atoms with Gasteiger partial charge in [-0.25, -0.2) is 8.42 Å². The van der Waals surface area contributed by atoms with Gasteiger partial charge in [0.25, 0.3) is 10.0 Å². The summed E-state index contributed by atoms with van der Waals surface area (Å²) in [5.41, 5.74) is 1.58. The number of hydrogen-bond acceptors (Lipinski definition) is 3. The van der Waals surface area contributed by atoms with Crippen molar-refractivity contribution in [1.82, 2.24) is 0 Å². The molecule has 1 amide bonds. The Kier molecular flexibility index (Phi) is 6.24. The molecule has 0 aromatic heterocycles. The van der Waals surface area contributed by atoms with Crippen molar-refractivity contribution in [2.45, 2.75) is 11.3 Å². The van der Waals surface area contributed by atoms with Gasteiger partial charge in [0.1, 0.15) is 0 Å². The zero-order valence-corrected chi connectivity index (χ0v) is 16.9. The van der Waals surface area contributed by atoms with Gasteiger partial charge in [-0.2, -0.15) is 0 Å².